The Morgan fingerprint density at radius 3 is 2.86 bits per heavy atom. The fourth-order valence-electron chi connectivity index (χ4n) is 2.66. The molecule has 1 saturated heterocycles. The molecule has 2 aromatic rings. The number of hydrogen-bond acceptors (Lipinski definition) is 6. The van der Waals surface area contributed by atoms with Crippen molar-refractivity contribution in [3.05, 3.63) is 23.8 Å². The number of nitrogens with one attached hydrogen (secondary N) is 1. The second kappa shape index (κ2) is 5.72. The zero-order valence-electron chi connectivity index (χ0n) is 13.5. The molecule has 120 valence electrons. The first kappa shape index (κ1) is 15.0. The lowest BCUT2D eigenvalue weighted by Crippen LogP contribution is -2.20. The van der Waals surface area contributed by atoms with E-state index in [9.17, 15) is 0 Å². The van der Waals surface area contributed by atoms with Gasteiger partial charge in [-0.25, -0.2) is 0 Å². The zero-order chi connectivity index (χ0) is 15.7. The summed E-state index contributed by atoms with van der Waals surface area (Å²) < 4.78 is 13.0. The predicted molar refractivity (Wildman–Crippen MR) is 81.5 cm³/mol. The van der Waals surface area contributed by atoms with Crippen LogP contribution in [0.25, 0.3) is 0 Å². The molecule has 0 amide bonds. The maximum Gasteiger partial charge on any atom is 0.263 e. The van der Waals surface area contributed by atoms with Gasteiger partial charge in [0.25, 0.3) is 5.95 Å². The van der Waals surface area contributed by atoms with Gasteiger partial charge >= 0.3 is 0 Å². The normalized spacial score (nSPS) is 22.2. The van der Waals surface area contributed by atoms with Crippen molar-refractivity contribution in [3.63, 3.8) is 0 Å². The summed E-state index contributed by atoms with van der Waals surface area (Å²) in [5.74, 6) is 1.55. The summed E-state index contributed by atoms with van der Waals surface area (Å²) in [6.45, 7) is 7.66. The maximum absolute atomic E-state index is 5.87. The van der Waals surface area contributed by atoms with Crippen LogP contribution in [0.4, 0.5) is 5.95 Å². The van der Waals surface area contributed by atoms with E-state index in [1.807, 2.05) is 38.6 Å². The number of anilines is 1. The van der Waals surface area contributed by atoms with Crippen LogP contribution in [0.1, 0.15) is 44.9 Å². The van der Waals surface area contributed by atoms with Gasteiger partial charge < -0.3 is 14.6 Å². The van der Waals surface area contributed by atoms with Crippen LogP contribution in [0.3, 0.4) is 0 Å². The highest BCUT2D eigenvalue weighted by molar-refractivity contribution is 5.23. The Morgan fingerprint density at radius 2 is 2.23 bits per heavy atom. The molecule has 1 aliphatic rings. The van der Waals surface area contributed by atoms with Crippen molar-refractivity contribution >= 4 is 5.95 Å². The van der Waals surface area contributed by atoms with Gasteiger partial charge in [-0.1, -0.05) is 20.8 Å². The smallest absolute Gasteiger partial charge is 0.263 e. The average Bonchev–Trinajstić information content (AvgIpc) is 3.14. The second-order valence-electron chi connectivity index (χ2n) is 6.77. The van der Waals surface area contributed by atoms with Crippen molar-refractivity contribution < 1.29 is 9.26 Å². The van der Waals surface area contributed by atoms with Gasteiger partial charge in [0.1, 0.15) is 6.10 Å². The summed E-state index contributed by atoms with van der Waals surface area (Å²) in [5, 5.41) is 11.5. The summed E-state index contributed by atoms with van der Waals surface area (Å²) in [6, 6.07) is 2.01. The molecule has 1 aliphatic heterocycles. The zero-order valence-corrected chi connectivity index (χ0v) is 13.5. The number of rotatable bonds is 4. The van der Waals surface area contributed by atoms with E-state index in [-0.39, 0.29) is 11.5 Å². The SMILES string of the molecule is Cn1nccc1[C@@H]1OCC[C@H]1CNc1noc(C(C)(C)C)n1. The van der Waals surface area contributed by atoms with E-state index in [1.165, 1.54) is 0 Å². The standard InChI is InChI=1S/C15H23N5O2/c1-15(2,3)13-18-14(19-22-13)16-9-10-6-8-21-12(10)11-5-7-17-20(11)4/h5,7,10,12H,6,8-9H2,1-4H3,(H,16,19)/t10-,12+/m0/s1. The molecule has 2 aromatic heterocycles. The largest absolute Gasteiger partial charge is 0.372 e. The highest BCUT2D eigenvalue weighted by atomic mass is 16.5. The molecule has 0 bridgehead atoms. The minimum Gasteiger partial charge on any atom is -0.372 e. The molecule has 2 atom stereocenters. The maximum atomic E-state index is 5.87. The van der Waals surface area contributed by atoms with E-state index in [0.717, 1.165) is 25.3 Å². The number of ether oxygens (including phenoxy) is 1. The topological polar surface area (TPSA) is 78.0 Å². The lowest BCUT2D eigenvalue weighted by molar-refractivity contribution is 0.0866. The third kappa shape index (κ3) is 2.99. The van der Waals surface area contributed by atoms with Gasteiger partial charge in [-0.2, -0.15) is 10.1 Å². The lowest BCUT2D eigenvalue weighted by atomic mass is 9.97. The first-order chi connectivity index (χ1) is 10.4. The molecule has 0 aromatic carbocycles. The quantitative estimate of drug-likeness (QED) is 0.933. The minimum absolute atomic E-state index is 0.0639. The van der Waals surface area contributed by atoms with Crippen LogP contribution in [0.15, 0.2) is 16.8 Å². The van der Waals surface area contributed by atoms with Crippen LogP contribution in [0, 0.1) is 5.92 Å². The third-order valence-corrected chi connectivity index (χ3v) is 3.95. The van der Waals surface area contributed by atoms with E-state index in [2.05, 4.69) is 20.6 Å². The van der Waals surface area contributed by atoms with Crippen LogP contribution in [-0.2, 0) is 17.2 Å². The summed E-state index contributed by atoms with van der Waals surface area (Å²) in [7, 11) is 1.94. The van der Waals surface area contributed by atoms with E-state index >= 15 is 0 Å². The second-order valence-corrected chi connectivity index (χ2v) is 6.77. The summed E-state index contributed by atoms with van der Waals surface area (Å²) in [5.41, 5.74) is 0.966. The molecule has 3 rings (SSSR count). The highest BCUT2D eigenvalue weighted by Gasteiger charge is 2.32. The minimum atomic E-state index is -0.138. The van der Waals surface area contributed by atoms with Gasteiger partial charge in [0.15, 0.2) is 0 Å². The fraction of sp³-hybridized carbons (Fsp3) is 0.667. The Morgan fingerprint density at radius 1 is 1.41 bits per heavy atom. The van der Waals surface area contributed by atoms with Gasteiger partial charge in [0.2, 0.25) is 5.89 Å². The Balaban J connectivity index is 1.63. The van der Waals surface area contributed by atoms with Gasteiger partial charge in [-0.15, -0.1) is 0 Å². The van der Waals surface area contributed by atoms with Gasteiger partial charge in [-0.05, 0) is 17.6 Å². The molecule has 1 fully saturated rings. The molecule has 7 heteroatoms. The van der Waals surface area contributed by atoms with Gasteiger partial charge in [0, 0.05) is 37.7 Å². The Kier molecular flexibility index (Phi) is 3.90. The number of aryl methyl sites for hydroxylation is 1. The Labute approximate surface area is 130 Å². The molecule has 7 nitrogen and oxygen atoms in total. The summed E-state index contributed by atoms with van der Waals surface area (Å²) >= 11 is 0. The van der Waals surface area contributed by atoms with Crippen LogP contribution >= 0.6 is 0 Å². The van der Waals surface area contributed by atoms with E-state index in [4.69, 9.17) is 9.26 Å². The van der Waals surface area contributed by atoms with Crippen molar-refractivity contribution in [1.29, 1.82) is 0 Å². The molecule has 0 aliphatic carbocycles. The summed E-state index contributed by atoms with van der Waals surface area (Å²) in [6.07, 6.45) is 2.87. The van der Waals surface area contributed by atoms with Crippen molar-refractivity contribution in [1.82, 2.24) is 19.9 Å². The molecule has 3 heterocycles. The molecular weight excluding hydrogens is 282 g/mol. The van der Waals surface area contributed by atoms with Gasteiger partial charge in [-0.3, -0.25) is 4.68 Å². The first-order valence-corrected chi connectivity index (χ1v) is 7.62. The number of aromatic nitrogens is 4. The highest BCUT2D eigenvalue weighted by Crippen LogP contribution is 2.34. The molecule has 22 heavy (non-hydrogen) atoms. The third-order valence-electron chi connectivity index (χ3n) is 3.95. The number of hydrogen-bond donors (Lipinski definition) is 1. The fourth-order valence-corrected chi connectivity index (χ4v) is 2.66. The van der Waals surface area contributed by atoms with E-state index in [1.54, 1.807) is 6.20 Å². The Bertz CT molecular complexity index is 628. The molecule has 0 saturated carbocycles. The number of nitrogens with zero attached hydrogens (tertiary/aromatic N) is 4. The van der Waals surface area contributed by atoms with Crippen molar-refractivity contribution in [3.8, 4) is 0 Å². The predicted octanol–water partition coefficient (Wildman–Crippen LogP) is 2.29. The van der Waals surface area contributed by atoms with Crippen LogP contribution < -0.4 is 5.32 Å². The van der Waals surface area contributed by atoms with Crippen molar-refractivity contribution in [2.24, 2.45) is 13.0 Å². The van der Waals surface area contributed by atoms with Gasteiger partial charge in [0.05, 0.1) is 5.69 Å². The van der Waals surface area contributed by atoms with Crippen molar-refractivity contribution in [2.75, 3.05) is 18.5 Å². The van der Waals surface area contributed by atoms with Crippen LogP contribution in [0.5, 0.6) is 0 Å². The van der Waals surface area contributed by atoms with E-state index < -0.39 is 0 Å². The lowest BCUT2D eigenvalue weighted by Gasteiger charge is -2.18. The average molecular weight is 305 g/mol. The monoisotopic (exact) mass is 305 g/mol. The molecule has 0 radical (unpaired) electrons. The summed E-state index contributed by atoms with van der Waals surface area (Å²) in [4.78, 5) is 4.40. The van der Waals surface area contributed by atoms with E-state index in [0.29, 0.717) is 17.8 Å². The first-order valence-electron chi connectivity index (χ1n) is 7.62. The molecule has 0 unspecified atom stereocenters. The molecule has 1 N–H and O–H groups in total. The van der Waals surface area contributed by atoms with Crippen molar-refractivity contribution in [2.45, 2.75) is 38.7 Å². The Hall–Kier alpha value is -1.89. The van der Waals surface area contributed by atoms with Crippen LogP contribution in [0.2, 0.25) is 0 Å². The molecular formula is C15H23N5O2. The van der Waals surface area contributed by atoms with Crippen LogP contribution in [-0.4, -0.2) is 33.1 Å². The molecule has 0 spiro atoms.